The fourth-order valence-electron chi connectivity index (χ4n) is 1.67. The van der Waals surface area contributed by atoms with Crippen LogP contribution in [0.5, 0.6) is 0 Å². The van der Waals surface area contributed by atoms with Crippen molar-refractivity contribution in [2.24, 2.45) is 5.92 Å². The molecule has 1 fully saturated rings. The van der Waals surface area contributed by atoms with Crippen molar-refractivity contribution in [2.45, 2.75) is 19.3 Å². The van der Waals surface area contributed by atoms with Gasteiger partial charge in [0.05, 0.1) is 11.5 Å². The van der Waals surface area contributed by atoms with Gasteiger partial charge >= 0.3 is 11.7 Å². The molecule has 1 aliphatic carbocycles. The molecule has 0 unspecified atom stereocenters. The number of benzene rings is 1. The fourth-order valence-corrected chi connectivity index (χ4v) is 1.91. The van der Waals surface area contributed by atoms with E-state index in [4.69, 9.17) is 16.3 Å². The molecule has 0 aliphatic heterocycles. The van der Waals surface area contributed by atoms with E-state index in [-0.39, 0.29) is 10.6 Å². The first-order valence-corrected chi connectivity index (χ1v) is 6.07. The van der Waals surface area contributed by atoms with E-state index >= 15 is 0 Å². The number of nitrogens with zero attached hydrogens (tertiary/aromatic N) is 1. The monoisotopic (exact) mass is 269 g/mol. The zero-order valence-electron chi connectivity index (χ0n) is 9.60. The summed E-state index contributed by atoms with van der Waals surface area (Å²) < 4.78 is 5.02. The van der Waals surface area contributed by atoms with E-state index in [1.165, 1.54) is 31.0 Å². The number of halogens is 1. The molecule has 0 amide bonds. The van der Waals surface area contributed by atoms with Gasteiger partial charge in [-0.15, -0.1) is 0 Å². The molecule has 0 N–H and O–H groups in total. The molecular weight excluding hydrogens is 258 g/mol. The van der Waals surface area contributed by atoms with Gasteiger partial charge in [0.2, 0.25) is 0 Å². The number of ether oxygens (including phenoxy) is 1. The number of rotatable bonds is 5. The van der Waals surface area contributed by atoms with E-state index in [2.05, 4.69) is 0 Å². The smallest absolute Gasteiger partial charge is 0.345 e. The number of hydrogen-bond acceptors (Lipinski definition) is 4. The lowest BCUT2D eigenvalue weighted by Gasteiger charge is -2.05. The van der Waals surface area contributed by atoms with Gasteiger partial charge < -0.3 is 4.74 Å². The third-order valence-electron chi connectivity index (χ3n) is 2.85. The second-order valence-electron chi connectivity index (χ2n) is 4.26. The molecule has 96 valence electrons. The number of esters is 1. The lowest BCUT2D eigenvalue weighted by Crippen LogP contribution is -2.09. The van der Waals surface area contributed by atoms with Crippen LogP contribution in [0.25, 0.3) is 0 Å². The average molecular weight is 270 g/mol. The maximum Gasteiger partial charge on any atom is 0.345 e. The molecule has 1 saturated carbocycles. The predicted molar refractivity (Wildman–Crippen MR) is 65.7 cm³/mol. The molecule has 0 aromatic heterocycles. The first kappa shape index (κ1) is 12.8. The quantitative estimate of drug-likeness (QED) is 0.467. The molecule has 5 nitrogen and oxygen atoms in total. The molecule has 1 aromatic carbocycles. The third-order valence-corrected chi connectivity index (χ3v) is 3.15. The summed E-state index contributed by atoms with van der Waals surface area (Å²) in [4.78, 5) is 21.9. The predicted octanol–water partition coefficient (Wildman–Crippen LogP) is 3.21. The normalized spacial score (nSPS) is 14.3. The highest BCUT2D eigenvalue weighted by atomic mass is 35.5. The van der Waals surface area contributed by atoms with Crippen LogP contribution in [0.15, 0.2) is 18.2 Å². The lowest BCUT2D eigenvalue weighted by atomic mass is 10.2. The summed E-state index contributed by atoms with van der Waals surface area (Å²) in [6.07, 6.45) is 3.17. The van der Waals surface area contributed by atoms with Gasteiger partial charge in [-0.25, -0.2) is 4.79 Å². The average Bonchev–Trinajstić information content (AvgIpc) is 3.12. The minimum Gasteiger partial charge on any atom is -0.462 e. The zero-order valence-corrected chi connectivity index (χ0v) is 10.4. The van der Waals surface area contributed by atoms with E-state index in [0.717, 1.165) is 6.42 Å². The fraction of sp³-hybridized carbons (Fsp3) is 0.417. The first-order chi connectivity index (χ1) is 8.59. The van der Waals surface area contributed by atoms with Crippen LogP contribution in [0.4, 0.5) is 5.69 Å². The molecule has 0 saturated heterocycles. The number of nitro groups is 1. The standard InChI is InChI=1S/C12H12ClNO4/c13-10-3-1-2-9(11(10)14(16)17)12(15)18-7-6-8-4-5-8/h1-3,8H,4-7H2. The molecule has 1 aliphatic rings. The van der Waals surface area contributed by atoms with Gasteiger partial charge in [-0.3, -0.25) is 10.1 Å². The maximum atomic E-state index is 11.7. The van der Waals surface area contributed by atoms with E-state index in [1.807, 2.05) is 0 Å². The molecule has 2 rings (SSSR count). The van der Waals surface area contributed by atoms with E-state index < -0.39 is 16.6 Å². The Morgan fingerprint density at radius 2 is 2.22 bits per heavy atom. The molecule has 0 bridgehead atoms. The van der Waals surface area contributed by atoms with Crippen molar-refractivity contribution in [3.8, 4) is 0 Å². The van der Waals surface area contributed by atoms with Crippen LogP contribution in [0, 0.1) is 16.0 Å². The number of para-hydroxylation sites is 1. The Kier molecular flexibility index (Phi) is 3.81. The molecule has 0 atom stereocenters. The summed E-state index contributed by atoms with van der Waals surface area (Å²) >= 11 is 5.71. The van der Waals surface area contributed by atoms with Gasteiger partial charge in [-0.2, -0.15) is 0 Å². The van der Waals surface area contributed by atoms with Crippen molar-refractivity contribution >= 4 is 23.3 Å². The van der Waals surface area contributed by atoms with Crippen molar-refractivity contribution in [3.63, 3.8) is 0 Å². The van der Waals surface area contributed by atoms with Crippen molar-refractivity contribution in [1.29, 1.82) is 0 Å². The first-order valence-electron chi connectivity index (χ1n) is 5.69. The summed E-state index contributed by atoms with van der Waals surface area (Å²) in [6, 6.07) is 4.22. The van der Waals surface area contributed by atoms with Crippen molar-refractivity contribution in [1.82, 2.24) is 0 Å². The van der Waals surface area contributed by atoms with E-state index in [1.54, 1.807) is 0 Å². The number of carbonyl (C=O) groups excluding carboxylic acids is 1. The molecule has 1 aromatic rings. The molecule has 0 spiro atoms. The second kappa shape index (κ2) is 5.35. The number of nitro benzene ring substituents is 1. The van der Waals surface area contributed by atoms with Crippen LogP contribution in [0.1, 0.15) is 29.6 Å². The van der Waals surface area contributed by atoms with Crippen LogP contribution in [-0.2, 0) is 4.74 Å². The highest BCUT2D eigenvalue weighted by Crippen LogP contribution is 2.32. The topological polar surface area (TPSA) is 69.4 Å². The Morgan fingerprint density at radius 3 is 2.83 bits per heavy atom. The van der Waals surface area contributed by atoms with Crippen LogP contribution in [0.2, 0.25) is 5.02 Å². The van der Waals surface area contributed by atoms with Gasteiger partial charge in [0.25, 0.3) is 0 Å². The minimum atomic E-state index is -0.690. The van der Waals surface area contributed by atoms with Crippen LogP contribution < -0.4 is 0 Å². The summed E-state index contributed by atoms with van der Waals surface area (Å²) in [6.45, 7) is 0.299. The molecule has 18 heavy (non-hydrogen) atoms. The van der Waals surface area contributed by atoms with Gasteiger partial charge in [-0.05, 0) is 24.5 Å². The Labute approximate surface area is 109 Å². The lowest BCUT2D eigenvalue weighted by molar-refractivity contribution is -0.385. The minimum absolute atomic E-state index is 0.0587. The maximum absolute atomic E-state index is 11.7. The Balaban J connectivity index is 2.08. The summed E-state index contributed by atoms with van der Waals surface area (Å²) in [5, 5.41) is 10.8. The number of carbonyl (C=O) groups is 1. The SMILES string of the molecule is O=C(OCCC1CC1)c1cccc(Cl)c1[N+](=O)[O-]. The van der Waals surface area contributed by atoms with E-state index in [0.29, 0.717) is 12.5 Å². The van der Waals surface area contributed by atoms with Gasteiger partial charge in [0, 0.05) is 0 Å². The van der Waals surface area contributed by atoms with Crippen LogP contribution in [-0.4, -0.2) is 17.5 Å². The molecule has 0 radical (unpaired) electrons. The van der Waals surface area contributed by atoms with Crippen LogP contribution >= 0.6 is 11.6 Å². The Hall–Kier alpha value is -1.62. The van der Waals surface area contributed by atoms with Gasteiger partial charge in [0.1, 0.15) is 10.6 Å². The largest absolute Gasteiger partial charge is 0.462 e. The summed E-state index contributed by atoms with van der Waals surface area (Å²) in [5.41, 5.74) is -0.487. The van der Waals surface area contributed by atoms with Crippen molar-refractivity contribution in [2.75, 3.05) is 6.61 Å². The van der Waals surface area contributed by atoms with Gasteiger partial charge in [0.15, 0.2) is 0 Å². The highest BCUT2D eigenvalue weighted by Gasteiger charge is 2.26. The number of hydrogen-bond donors (Lipinski definition) is 0. The highest BCUT2D eigenvalue weighted by molar-refractivity contribution is 6.33. The summed E-state index contributed by atoms with van der Waals surface area (Å²) in [5.74, 6) is -0.0444. The Morgan fingerprint density at radius 1 is 1.50 bits per heavy atom. The van der Waals surface area contributed by atoms with Crippen molar-refractivity contribution in [3.05, 3.63) is 38.9 Å². The van der Waals surface area contributed by atoms with Gasteiger partial charge in [-0.1, -0.05) is 30.5 Å². The molecule has 0 heterocycles. The second-order valence-corrected chi connectivity index (χ2v) is 4.67. The zero-order chi connectivity index (χ0) is 13.1. The van der Waals surface area contributed by atoms with E-state index in [9.17, 15) is 14.9 Å². The Bertz CT molecular complexity index is 485. The third kappa shape index (κ3) is 2.98. The van der Waals surface area contributed by atoms with Crippen LogP contribution in [0.3, 0.4) is 0 Å². The summed E-state index contributed by atoms with van der Waals surface area (Å²) in [7, 11) is 0. The van der Waals surface area contributed by atoms with Crippen molar-refractivity contribution < 1.29 is 14.5 Å². The molecule has 6 heteroatoms. The molecular formula is C12H12ClNO4.